The summed E-state index contributed by atoms with van der Waals surface area (Å²) in [6.07, 6.45) is 2.49. The smallest absolute Gasteiger partial charge is 0.371 e. The van der Waals surface area contributed by atoms with Crippen molar-refractivity contribution in [3.05, 3.63) is 83.5 Å². The van der Waals surface area contributed by atoms with Crippen LogP contribution < -0.4 is 0 Å². The van der Waals surface area contributed by atoms with Crippen LogP contribution in [-0.4, -0.2) is 26.5 Å². The minimum absolute atomic E-state index is 0.295. The molecule has 2 aromatic carbocycles. The number of aliphatic carboxylic acids is 1. The molecule has 0 unspecified atom stereocenters. The Morgan fingerprint density at radius 1 is 1.04 bits per heavy atom. The first-order valence-electron chi connectivity index (χ1n) is 7.46. The fourth-order valence-corrected chi connectivity index (χ4v) is 2.63. The molecule has 0 bridgehead atoms. The lowest BCUT2D eigenvalue weighted by Gasteiger charge is -2.07. The molecule has 126 valence electrons. The molecule has 1 aromatic heterocycles. The van der Waals surface area contributed by atoms with E-state index in [1.54, 1.807) is 36.5 Å². The van der Waals surface area contributed by atoms with E-state index < -0.39 is 17.5 Å². The molecule has 0 radical (unpaired) electrons. The van der Waals surface area contributed by atoms with E-state index in [4.69, 9.17) is 5.11 Å². The van der Waals surface area contributed by atoms with E-state index in [2.05, 4.69) is 0 Å². The summed E-state index contributed by atoms with van der Waals surface area (Å²) >= 11 is 0. The molecule has 0 spiro atoms. The number of fused-ring (bicyclic) bond motifs is 1. The van der Waals surface area contributed by atoms with Crippen LogP contribution in [0.15, 0.2) is 66.6 Å². The Hall–Kier alpha value is -3.41. The number of carboxylic acid groups (broad SMARTS) is 1. The van der Waals surface area contributed by atoms with Gasteiger partial charge in [-0.2, -0.15) is 0 Å². The molecule has 0 atom stereocenters. The van der Waals surface area contributed by atoms with Crippen LogP contribution in [0.2, 0.25) is 0 Å². The minimum Gasteiger partial charge on any atom is -0.502 e. The van der Waals surface area contributed by atoms with Gasteiger partial charge in [0.25, 0.3) is 0 Å². The molecule has 2 N–H and O–H groups in total. The van der Waals surface area contributed by atoms with Crippen molar-refractivity contribution in [1.29, 1.82) is 0 Å². The summed E-state index contributed by atoms with van der Waals surface area (Å²) in [6.45, 7) is 0.498. The molecule has 1 heterocycles. The summed E-state index contributed by atoms with van der Waals surface area (Å²) in [5.41, 5.74) is 1.97. The fraction of sp³-hybridized carbons (Fsp3) is 0.0526. The van der Waals surface area contributed by atoms with E-state index in [-0.39, 0.29) is 5.82 Å². The zero-order chi connectivity index (χ0) is 18.0. The van der Waals surface area contributed by atoms with Gasteiger partial charge in [-0.1, -0.05) is 24.3 Å². The molecule has 0 aliphatic heterocycles. The Bertz CT molecular complexity index is 986. The zero-order valence-corrected chi connectivity index (χ0v) is 13.0. The number of carbonyl (C=O) groups is 2. The Morgan fingerprint density at radius 3 is 2.44 bits per heavy atom. The summed E-state index contributed by atoms with van der Waals surface area (Å²) < 4.78 is 14.9. The summed E-state index contributed by atoms with van der Waals surface area (Å²) in [7, 11) is 0. The second-order valence-electron chi connectivity index (χ2n) is 5.51. The SMILES string of the molecule is O=C(O)C(O)=CC(=O)c1cccc2c1ccn2Cc1ccc(F)cc1. The monoisotopic (exact) mass is 339 g/mol. The zero-order valence-electron chi connectivity index (χ0n) is 13.0. The first kappa shape index (κ1) is 16.4. The van der Waals surface area contributed by atoms with Crippen molar-refractivity contribution in [2.75, 3.05) is 0 Å². The fourth-order valence-electron chi connectivity index (χ4n) is 2.63. The lowest BCUT2D eigenvalue weighted by Crippen LogP contribution is -2.04. The van der Waals surface area contributed by atoms with E-state index >= 15 is 0 Å². The van der Waals surface area contributed by atoms with Gasteiger partial charge in [0.2, 0.25) is 5.76 Å². The third-order valence-corrected chi connectivity index (χ3v) is 3.83. The molecule has 0 aliphatic carbocycles. The number of carboxylic acids is 1. The van der Waals surface area contributed by atoms with Crippen LogP contribution in [0.3, 0.4) is 0 Å². The maximum Gasteiger partial charge on any atom is 0.371 e. The second-order valence-corrected chi connectivity index (χ2v) is 5.51. The Morgan fingerprint density at radius 2 is 1.76 bits per heavy atom. The van der Waals surface area contributed by atoms with Crippen molar-refractivity contribution in [3.8, 4) is 0 Å². The van der Waals surface area contributed by atoms with E-state index in [1.807, 2.05) is 10.6 Å². The number of ketones is 1. The third-order valence-electron chi connectivity index (χ3n) is 3.83. The van der Waals surface area contributed by atoms with Gasteiger partial charge in [-0.25, -0.2) is 9.18 Å². The van der Waals surface area contributed by atoms with Crippen LogP contribution in [0.1, 0.15) is 15.9 Å². The standard InChI is InChI=1S/C19H14FNO4/c20-13-6-4-12(5-7-13)11-21-9-8-14-15(2-1-3-16(14)21)17(22)10-18(23)19(24)25/h1-10,23H,11H2,(H,24,25). The van der Waals surface area contributed by atoms with Crippen LogP contribution in [-0.2, 0) is 11.3 Å². The molecule has 5 nitrogen and oxygen atoms in total. The van der Waals surface area contributed by atoms with Gasteiger partial charge in [0, 0.05) is 35.3 Å². The number of allylic oxidation sites excluding steroid dienone is 1. The predicted molar refractivity (Wildman–Crippen MR) is 90.1 cm³/mol. The van der Waals surface area contributed by atoms with Crippen molar-refractivity contribution < 1.29 is 24.2 Å². The van der Waals surface area contributed by atoms with Gasteiger partial charge >= 0.3 is 5.97 Å². The van der Waals surface area contributed by atoms with Crippen LogP contribution in [0.25, 0.3) is 10.9 Å². The van der Waals surface area contributed by atoms with Crippen LogP contribution in [0.5, 0.6) is 0 Å². The van der Waals surface area contributed by atoms with Gasteiger partial charge in [-0.15, -0.1) is 0 Å². The maximum atomic E-state index is 13.0. The number of aliphatic hydroxyl groups excluding tert-OH is 1. The predicted octanol–water partition coefficient (Wildman–Crippen LogP) is 3.54. The molecule has 0 fully saturated rings. The molecule has 0 saturated carbocycles. The van der Waals surface area contributed by atoms with Gasteiger partial charge in [-0.05, 0) is 29.8 Å². The number of hydrogen-bond acceptors (Lipinski definition) is 3. The number of benzene rings is 2. The van der Waals surface area contributed by atoms with Crippen molar-refractivity contribution in [3.63, 3.8) is 0 Å². The number of halogens is 1. The molecule has 0 saturated heterocycles. The number of aliphatic hydroxyl groups is 1. The topological polar surface area (TPSA) is 79.5 Å². The van der Waals surface area contributed by atoms with Crippen molar-refractivity contribution in [1.82, 2.24) is 4.57 Å². The van der Waals surface area contributed by atoms with Gasteiger partial charge in [-0.3, -0.25) is 4.79 Å². The van der Waals surface area contributed by atoms with Gasteiger partial charge in [0.1, 0.15) is 5.82 Å². The molecule has 0 amide bonds. The highest BCUT2D eigenvalue weighted by molar-refractivity contribution is 6.14. The number of aromatic nitrogens is 1. The first-order valence-corrected chi connectivity index (χ1v) is 7.46. The normalized spacial score (nSPS) is 11.6. The quantitative estimate of drug-likeness (QED) is 0.423. The summed E-state index contributed by atoms with van der Waals surface area (Å²) in [4.78, 5) is 22.9. The third kappa shape index (κ3) is 3.42. The number of nitrogens with zero attached hydrogens (tertiary/aromatic N) is 1. The Balaban J connectivity index is 1.97. The van der Waals surface area contributed by atoms with Crippen molar-refractivity contribution >= 4 is 22.7 Å². The van der Waals surface area contributed by atoms with E-state index in [0.717, 1.165) is 11.1 Å². The van der Waals surface area contributed by atoms with Crippen LogP contribution in [0, 0.1) is 5.82 Å². The summed E-state index contributed by atoms with van der Waals surface area (Å²) in [6, 6.07) is 13.0. The largest absolute Gasteiger partial charge is 0.502 e. The van der Waals surface area contributed by atoms with E-state index in [1.165, 1.54) is 12.1 Å². The van der Waals surface area contributed by atoms with E-state index in [9.17, 15) is 19.1 Å². The molecule has 3 aromatic rings. The molecule has 3 rings (SSSR count). The van der Waals surface area contributed by atoms with Crippen molar-refractivity contribution in [2.24, 2.45) is 0 Å². The lowest BCUT2D eigenvalue weighted by molar-refractivity contribution is -0.135. The molecular formula is C19H14FNO4. The van der Waals surface area contributed by atoms with Crippen LogP contribution in [0.4, 0.5) is 4.39 Å². The average molecular weight is 339 g/mol. The second kappa shape index (κ2) is 6.60. The summed E-state index contributed by atoms with van der Waals surface area (Å²) in [5.74, 6) is -3.47. The Kier molecular flexibility index (Phi) is 4.35. The molecule has 6 heteroatoms. The first-order chi connectivity index (χ1) is 12.0. The molecule has 0 aliphatic rings. The number of hydrogen-bond donors (Lipinski definition) is 2. The average Bonchev–Trinajstić information content (AvgIpc) is 2.99. The van der Waals surface area contributed by atoms with Gasteiger partial charge < -0.3 is 14.8 Å². The maximum absolute atomic E-state index is 13.0. The van der Waals surface area contributed by atoms with E-state index in [0.29, 0.717) is 23.6 Å². The minimum atomic E-state index is -1.56. The van der Waals surface area contributed by atoms with Gasteiger partial charge in [0.05, 0.1) is 0 Å². The lowest BCUT2D eigenvalue weighted by atomic mass is 10.1. The highest BCUT2D eigenvalue weighted by Crippen LogP contribution is 2.22. The number of carbonyl (C=O) groups excluding carboxylic acids is 1. The summed E-state index contributed by atoms with van der Waals surface area (Å²) in [5, 5.41) is 18.6. The molecule has 25 heavy (non-hydrogen) atoms. The number of rotatable bonds is 5. The van der Waals surface area contributed by atoms with Crippen molar-refractivity contribution in [2.45, 2.75) is 6.54 Å². The van der Waals surface area contributed by atoms with Crippen LogP contribution >= 0.6 is 0 Å². The van der Waals surface area contributed by atoms with Gasteiger partial charge in [0.15, 0.2) is 5.78 Å². The highest BCUT2D eigenvalue weighted by Gasteiger charge is 2.14. The highest BCUT2D eigenvalue weighted by atomic mass is 19.1. The molecular weight excluding hydrogens is 325 g/mol. The Labute approximate surface area is 142 Å².